The van der Waals surface area contributed by atoms with Crippen LogP contribution < -0.4 is 10.6 Å². The minimum absolute atomic E-state index is 0.00704. The Hall–Kier alpha value is -1.58. The molecule has 2 heterocycles. The highest BCUT2D eigenvalue weighted by Crippen LogP contribution is 2.23. The third-order valence-electron chi connectivity index (χ3n) is 2.13. The highest BCUT2D eigenvalue weighted by atomic mass is 16.1. The Labute approximate surface area is 76.4 Å². The first-order valence-corrected chi connectivity index (χ1v) is 4.26. The van der Waals surface area contributed by atoms with Crippen LogP contribution in [0.3, 0.4) is 0 Å². The standard InChI is InChI=1S/C9H11N3O/c1-6-4-11-7-2-3-10-5-8(7)12-9(6)13/h2-3,5-6,11H,4H2,1H3,(H,12,13). The fourth-order valence-electron chi connectivity index (χ4n) is 1.26. The van der Waals surface area contributed by atoms with Gasteiger partial charge in [-0.3, -0.25) is 9.78 Å². The van der Waals surface area contributed by atoms with Gasteiger partial charge in [0.25, 0.3) is 0 Å². The van der Waals surface area contributed by atoms with Crippen LogP contribution in [0.25, 0.3) is 0 Å². The lowest BCUT2D eigenvalue weighted by atomic mass is 10.2. The van der Waals surface area contributed by atoms with Crippen LogP contribution >= 0.6 is 0 Å². The molecule has 0 aliphatic carbocycles. The van der Waals surface area contributed by atoms with E-state index in [0.29, 0.717) is 6.54 Å². The van der Waals surface area contributed by atoms with Crippen LogP contribution in [0, 0.1) is 5.92 Å². The molecule has 0 radical (unpaired) electrons. The molecule has 1 atom stereocenters. The molecule has 2 N–H and O–H groups in total. The molecule has 1 aliphatic rings. The molecule has 0 bridgehead atoms. The van der Waals surface area contributed by atoms with Gasteiger partial charge in [-0.2, -0.15) is 0 Å². The van der Waals surface area contributed by atoms with Gasteiger partial charge in [0, 0.05) is 12.7 Å². The number of pyridine rings is 1. The molecule has 0 saturated carbocycles. The van der Waals surface area contributed by atoms with Crippen molar-refractivity contribution in [1.29, 1.82) is 0 Å². The smallest absolute Gasteiger partial charge is 0.229 e. The zero-order chi connectivity index (χ0) is 9.26. The van der Waals surface area contributed by atoms with E-state index >= 15 is 0 Å². The Bertz CT molecular complexity index is 337. The Kier molecular flexibility index (Phi) is 1.88. The van der Waals surface area contributed by atoms with Crippen LogP contribution in [0.4, 0.5) is 11.4 Å². The molecule has 0 spiro atoms. The summed E-state index contributed by atoms with van der Waals surface area (Å²) in [5.41, 5.74) is 1.70. The maximum absolute atomic E-state index is 11.4. The summed E-state index contributed by atoms with van der Waals surface area (Å²) in [5, 5.41) is 5.99. The predicted octanol–water partition coefficient (Wildman–Crippen LogP) is 1.08. The number of anilines is 2. The second-order valence-electron chi connectivity index (χ2n) is 3.19. The lowest BCUT2D eigenvalue weighted by molar-refractivity contribution is -0.118. The van der Waals surface area contributed by atoms with Gasteiger partial charge in [0.15, 0.2) is 0 Å². The number of fused-ring (bicyclic) bond motifs is 1. The van der Waals surface area contributed by atoms with E-state index in [1.165, 1.54) is 0 Å². The van der Waals surface area contributed by atoms with Crippen LogP contribution in [-0.4, -0.2) is 17.4 Å². The number of rotatable bonds is 0. The number of aromatic nitrogens is 1. The van der Waals surface area contributed by atoms with Crippen LogP contribution in [0.2, 0.25) is 0 Å². The van der Waals surface area contributed by atoms with E-state index < -0.39 is 0 Å². The normalized spacial score (nSPS) is 21.0. The lowest BCUT2D eigenvalue weighted by Crippen LogP contribution is -2.22. The Balaban J connectivity index is 2.35. The van der Waals surface area contributed by atoms with Crippen LogP contribution in [0.5, 0.6) is 0 Å². The van der Waals surface area contributed by atoms with Gasteiger partial charge in [-0.05, 0) is 6.07 Å². The second-order valence-corrected chi connectivity index (χ2v) is 3.19. The molecular formula is C9H11N3O. The highest BCUT2D eigenvalue weighted by Gasteiger charge is 2.18. The van der Waals surface area contributed by atoms with Crippen molar-refractivity contribution in [3.8, 4) is 0 Å². The quantitative estimate of drug-likeness (QED) is 0.623. The average molecular weight is 177 g/mol. The summed E-state index contributed by atoms with van der Waals surface area (Å²) in [4.78, 5) is 15.3. The number of nitrogens with one attached hydrogen (secondary N) is 2. The van der Waals surface area contributed by atoms with Gasteiger partial charge in [-0.15, -0.1) is 0 Å². The molecule has 1 unspecified atom stereocenters. The summed E-state index contributed by atoms with van der Waals surface area (Å²) in [6.07, 6.45) is 3.35. The molecule has 2 rings (SSSR count). The van der Waals surface area contributed by atoms with E-state index in [1.807, 2.05) is 13.0 Å². The van der Waals surface area contributed by atoms with E-state index in [1.54, 1.807) is 12.4 Å². The molecule has 0 saturated heterocycles. The first-order valence-electron chi connectivity index (χ1n) is 4.26. The zero-order valence-electron chi connectivity index (χ0n) is 7.37. The van der Waals surface area contributed by atoms with Gasteiger partial charge in [0.1, 0.15) is 0 Å². The Morgan fingerprint density at radius 1 is 1.54 bits per heavy atom. The number of hydrogen-bond acceptors (Lipinski definition) is 3. The number of nitrogens with zero attached hydrogens (tertiary/aromatic N) is 1. The Morgan fingerprint density at radius 3 is 3.23 bits per heavy atom. The summed E-state index contributed by atoms with van der Waals surface area (Å²) in [7, 11) is 0. The van der Waals surface area contributed by atoms with E-state index in [4.69, 9.17) is 0 Å². The summed E-state index contributed by atoms with van der Waals surface area (Å²) in [6, 6.07) is 1.85. The van der Waals surface area contributed by atoms with Crippen molar-refractivity contribution in [2.45, 2.75) is 6.92 Å². The van der Waals surface area contributed by atoms with Crippen molar-refractivity contribution in [2.24, 2.45) is 5.92 Å². The highest BCUT2D eigenvalue weighted by molar-refractivity contribution is 5.96. The third kappa shape index (κ3) is 1.47. The summed E-state index contributed by atoms with van der Waals surface area (Å²) in [6.45, 7) is 2.56. The molecule has 68 valence electrons. The summed E-state index contributed by atoms with van der Waals surface area (Å²) < 4.78 is 0. The Morgan fingerprint density at radius 2 is 2.38 bits per heavy atom. The summed E-state index contributed by atoms with van der Waals surface area (Å²) in [5.74, 6) is 0.0339. The van der Waals surface area contributed by atoms with Crippen molar-refractivity contribution >= 4 is 17.3 Å². The molecular weight excluding hydrogens is 166 g/mol. The number of amides is 1. The van der Waals surface area contributed by atoms with E-state index in [-0.39, 0.29) is 11.8 Å². The molecule has 4 heteroatoms. The fraction of sp³-hybridized carbons (Fsp3) is 0.333. The zero-order valence-corrected chi connectivity index (χ0v) is 7.37. The maximum atomic E-state index is 11.4. The molecule has 1 aromatic heterocycles. The number of carbonyl (C=O) groups is 1. The molecule has 1 amide bonds. The average Bonchev–Trinajstić information content (AvgIpc) is 2.28. The first-order chi connectivity index (χ1) is 6.27. The molecule has 0 fully saturated rings. The molecule has 0 aromatic carbocycles. The monoisotopic (exact) mass is 177 g/mol. The van der Waals surface area contributed by atoms with E-state index in [2.05, 4.69) is 15.6 Å². The second kappa shape index (κ2) is 3.05. The maximum Gasteiger partial charge on any atom is 0.229 e. The van der Waals surface area contributed by atoms with Crippen molar-refractivity contribution < 1.29 is 4.79 Å². The first kappa shape index (κ1) is 8.04. The van der Waals surface area contributed by atoms with Gasteiger partial charge >= 0.3 is 0 Å². The SMILES string of the molecule is CC1CNc2ccncc2NC1=O. The van der Waals surface area contributed by atoms with Crippen molar-refractivity contribution in [2.75, 3.05) is 17.2 Å². The van der Waals surface area contributed by atoms with E-state index in [0.717, 1.165) is 11.4 Å². The molecule has 13 heavy (non-hydrogen) atoms. The molecule has 4 nitrogen and oxygen atoms in total. The van der Waals surface area contributed by atoms with Gasteiger partial charge in [0.05, 0.1) is 23.5 Å². The molecule has 1 aromatic rings. The number of carbonyl (C=O) groups excluding carboxylic acids is 1. The fourth-order valence-corrected chi connectivity index (χ4v) is 1.26. The minimum Gasteiger partial charge on any atom is -0.382 e. The largest absolute Gasteiger partial charge is 0.382 e. The van der Waals surface area contributed by atoms with Gasteiger partial charge in [-0.1, -0.05) is 6.92 Å². The topological polar surface area (TPSA) is 54.0 Å². The summed E-state index contributed by atoms with van der Waals surface area (Å²) >= 11 is 0. The van der Waals surface area contributed by atoms with Gasteiger partial charge in [0.2, 0.25) is 5.91 Å². The van der Waals surface area contributed by atoms with Crippen molar-refractivity contribution in [3.63, 3.8) is 0 Å². The van der Waals surface area contributed by atoms with Gasteiger partial charge < -0.3 is 10.6 Å². The molecule has 1 aliphatic heterocycles. The van der Waals surface area contributed by atoms with Gasteiger partial charge in [-0.25, -0.2) is 0 Å². The van der Waals surface area contributed by atoms with E-state index in [9.17, 15) is 4.79 Å². The van der Waals surface area contributed by atoms with Crippen molar-refractivity contribution in [1.82, 2.24) is 4.98 Å². The van der Waals surface area contributed by atoms with Crippen LogP contribution in [-0.2, 0) is 4.79 Å². The number of hydrogen-bond donors (Lipinski definition) is 2. The third-order valence-corrected chi connectivity index (χ3v) is 2.13. The van der Waals surface area contributed by atoms with Crippen LogP contribution in [0.15, 0.2) is 18.5 Å². The minimum atomic E-state index is -0.00704. The van der Waals surface area contributed by atoms with Crippen LogP contribution in [0.1, 0.15) is 6.92 Å². The lowest BCUT2D eigenvalue weighted by Gasteiger charge is -2.04. The predicted molar refractivity (Wildman–Crippen MR) is 50.5 cm³/mol. The van der Waals surface area contributed by atoms with Crippen molar-refractivity contribution in [3.05, 3.63) is 18.5 Å².